The predicted molar refractivity (Wildman–Crippen MR) is 79.3 cm³/mol. The minimum atomic E-state index is -0.242. The molecule has 1 aliphatic heterocycles. The number of likely N-dealkylation sites (N-methyl/N-ethyl adjacent to an activating group) is 1. The molecule has 1 fully saturated rings. The van der Waals surface area contributed by atoms with Crippen LogP contribution in [0.3, 0.4) is 0 Å². The third-order valence-electron chi connectivity index (χ3n) is 4.26. The summed E-state index contributed by atoms with van der Waals surface area (Å²) in [5.41, 5.74) is 2.13. The standard InChI is InChI=1S/C16H25NO3/c1-12-5-6-14(18-3)13(11-12)15(17-2)16(19-4)7-9-20-10-8-16/h5-6,11,15,17H,7-10H2,1-4H3. The fourth-order valence-electron chi connectivity index (χ4n) is 3.11. The lowest BCUT2D eigenvalue weighted by Gasteiger charge is -2.42. The van der Waals surface area contributed by atoms with Crippen molar-refractivity contribution >= 4 is 0 Å². The van der Waals surface area contributed by atoms with E-state index in [9.17, 15) is 0 Å². The largest absolute Gasteiger partial charge is 0.496 e. The van der Waals surface area contributed by atoms with E-state index in [1.165, 1.54) is 5.56 Å². The summed E-state index contributed by atoms with van der Waals surface area (Å²) >= 11 is 0. The van der Waals surface area contributed by atoms with Crippen molar-refractivity contribution in [2.45, 2.75) is 31.4 Å². The van der Waals surface area contributed by atoms with Crippen molar-refractivity contribution in [1.29, 1.82) is 0 Å². The summed E-state index contributed by atoms with van der Waals surface area (Å²) in [7, 11) is 5.48. The van der Waals surface area contributed by atoms with Crippen LogP contribution in [0, 0.1) is 6.92 Å². The molecule has 0 spiro atoms. The average molecular weight is 279 g/mol. The molecule has 0 aromatic heterocycles. The van der Waals surface area contributed by atoms with Gasteiger partial charge in [-0.15, -0.1) is 0 Å². The number of hydrogen-bond donors (Lipinski definition) is 1. The van der Waals surface area contributed by atoms with Crippen LogP contribution < -0.4 is 10.1 Å². The molecule has 0 saturated carbocycles. The SMILES string of the molecule is CNC(c1cc(C)ccc1OC)C1(OC)CCOCC1. The van der Waals surface area contributed by atoms with Gasteiger partial charge in [-0.2, -0.15) is 0 Å². The molecule has 1 saturated heterocycles. The van der Waals surface area contributed by atoms with Crippen molar-refractivity contribution in [3.63, 3.8) is 0 Å². The van der Waals surface area contributed by atoms with E-state index in [4.69, 9.17) is 14.2 Å². The molecule has 1 N–H and O–H groups in total. The lowest BCUT2D eigenvalue weighted by molar-refractivity contribution is -0.110. The molecule has 1 aromatic carbocycles. The van der Waals surface area contributed by atoms with E-state index in [2.05, 4.69) is 24.4 Å². The van der Waals surface area contributed by atoms with Crippen LogP contribution in [0.1, 0.15) is 30.0 Å². The Morgan fingerprint density at radius 1 is 1.25 bits per heavy atom. The molecular formula is C16H25NO3. The quantitative estimate of drug-likeness (QED) is 0.899. The van der Waals surface area contributed by atoms with Gasteiger partial charge in [0, 0.05) is 38.7 Å². The summed E-state index contributed by atoms with van der Waals surface area (Å²) in [5, 5.41) is 3.42. The maximum absolute atomic E-state index is 5.93. The van der Waals surface area contributed by atoms with Crippen LogP contribution >= 0.6 is 0 Å². The van der Waals surface area contributed by atoms with Gasteiger partial charge in [0.2, 0.25) is 0 Å². The Labute approximate surface area is 121 Å². The maximum Gasteiger partial charge on any atom is 0.123 e. The molecule has 2 rings (SSSR count). The van der Waals surface area contributed by atoms with Crippen LogP contribution in [0.25, 0.3) is 0 Å². The molecule has 1 unspecified atom stereocenters. The van der Waals surface area contributed by atoms with E-state index in [1.807, 2.05) is 13.1 Å². The zero-order valence-electron chi connectivity index (χ0n) is 12.9. The van der Waals surface area contributed by atoms with Gasteiger partial charge in [0.05, 0.1) is 18.8 Å². The second-order valence-electron chi connectivity index (χ2n) is 5.35. The van der Waals surface area contributed by atoms with Gasteiger partial charge in [0.1, 0.15) is 5.75 Å². The molecule has 1 aliphatic rings. The summed E-state index contributed by atoms with van der Waals surface area (Å²) in [6, 6.07) is 6.36. The third-order valence-corrected chi connectivity index (χ3v) is 4.26. The Bertz CT molecular complexity index is 441. The molecular weight excluding hydrogens is 254 g/mol. The molecule has 1 aromatic rings. The zero-order chi connectivity index (χ0) is 14.6. The molecule has 112 valence electrons. The summed E-state index contributed by atoms with van der Waals surface area (Å²) in [4.78, 5) is 0. The highest BCUT2D eigenvalue weighted by Crippen LogP contribution is 2.40. The van der Waals surface area contributed by atoms with Gasteiger partial charge < -0.3 is 19.5 Å². The first-order chi connectivity index (χ1) is 9.66. The Balaban J connectivity index is 2.42. The number of hydrogen-bond acceptors (Lipinski definition) is 4. The van der Waals surface area contributed by atoms with E-state index in [0.29, 0.717) is 0 Å². The second kappa shape index (κ2) is 6.57. The monoisotopic (exact) mass is 279 g/mol. The van der Waals surface area contributed by atoms with Crippen LogP contribution in [0.2, 0.25) is 0 Å². The van der Waals surface area contributed by atoms with Crippen LogP contribution in [0.4, 0.5) is 0 Å². The smallest absolute Gasteiger partial charge is 0.123 e. The molecule has 1 atom stereocenters. The highest BCUT2D eigenvalue weighted by Gasteiger charge is 2.41. The fourth-order valence-corrected chi connectivity index (χ4v) is 3.11. The van der Waals surface area contributed by atoms with Crippen LogP contribution in [0.15, 0.2) is 18.2 Å². The fraction of sp³-hybridized carbons (Fsp3) is 0.625. The Morgan fingerprint density at radius 3 is 2.50 bits per heavy atom. The van der Waals surface area contributed by atoms with Crippen molar-refractivity contribution in [3.8, 4) is 5.75 Å². The average Bonchev–Trinajstić information content (AvgIpc) is 2.49. The Morgan fingerprint density at radius 2 is 1.95 bits per heavy atom. The molecule has 4 heteroatoms. The molecule has 0 bridgehead atoms. The van der Waals surface area contributed by atoms with Gasteiger partial charge in [-0.25, -0.2) is 0 Å². The van der Waals surface area contributed by atoms with Crippen LogP contribution in [0.5, 0.6) is 5.75 Å². The lowest BCUT2D eigenvalue weighted by Crippen LogP contribution is -2.48. The van der Waals surface area contributed by atoms with Crippen molar-refractivity contribution in [3.05, 3.63) is 29.3 Å². The van der Waals surface area contributed by atoms with E-state index >= 15 is 0 Å². The van der Waals surface area contributed by atoms with Gasteiger partial charge in [-0.3, -0.25) is 0 Å². The minimum Gasteiger partial charge on any atom is -0.496 e. The van der Waals surface area contributed by atoms with Gasteiger partial charge in [0.25, 0.3) is 0 Å². The Hall–Kier alpha value is -1.10. The van der Waals surface area contributed by atoms with Crippen LogP contribution in [-0.4, -0.2) is 40.1 Å². The summed E-state index contributed by atoms with van der Waals surface area (Å²) in [6.45, 7) is 3.57. The highest BCUT2D eigenvalue weighted by molar-refractivity contribution is 5.40. The van der Waals surface area contributed by atoms with Crippen molar-refractivity contribution in [2.24, 2.45) is 0 Å². The first kappa shape index (κ1) is 15.3. The van der Waals surface area contributed by atoms with E-state index in [0.717, 1.165) is 37.4 Å². The maximum atomic E-state index is 5.93. The second-order valence-corrected chi connectivity index (χ2v) is 5.35. The van der Waals surface area contributed by atoms with Gasteiger partial charge in [-0.1, -0.05) is 17.7 Å². The van der Waals surface area contributed by atoms with Crippen molar-refractivity contribution < 1.29 is 14.2 Å². The third kappa shape index (κ3) is 2.82. The molecule has 0 aliphatic carbocycles. The number of methoxy groups -OCH3 is 2. The zero-order valence-corrected chi connectivity index (χ0v) is 12.9. The predicted octanol–water partition coefficient (Wildman–Crippen LogP) is 2.46. The van der Waals surface area contributed by atoms with Crippen molar-refractivity contribution in [2.75, 3.05) is 34.5 Å². The molecule has 20 heavy (non-hydrogen) atoms. The minimum absolute atomic E-state index is 0.0891. The molecule has 1 heterocycles. The number of rotatable bonds is 5. The van der Waals surface area contributed by atoms with Crippen molar-refractivity contribution in [1.82, 2.24) is 5.32 Å². The van der Waals surface area contributed by atoms with E-state index in [-0.39, 0.29) is 11.6 Å². The Kier molecular flexibility index (Phi) is 5.02. The van der Waals surface area contributed by atoms with E-state index in [1.54, 1.807) is 14.2 Å². The molecule has 4 nitrogen and oxygen atoms in total. The number of nitrogens with one attached hydrogen (secondary N) is 1. The molecule has 0 amide bonds. The topological polar surface area (TPSA) is 39.7 Å². The normalized spacial score (nSPS) is 19.6. The van der Waals surface area contributed by atoms with Gasteiger partial charge in [0.15, 0.2) is 0 Å². The number of aryl methyl sites for hydroxylation is 1. The first-order valence-electron chi connectivity index (χ1n) is 7.11. The number of ether oxygens (including phenoxy) is 3. The summed E-state index contributed by atoms with van der Waals surface area (Å²) in [6.07, 6.45) is 1.76. The number of benzene rings is 1. The summed E-state index contributed by atoms with van der Waals surface area (Å²) in [5.74, 6) is 0.901. The molecule has 0 radical (unpaired) electrons. The first-order valence-corrected chi connectivity index (χ1v) is 7.11. The van der Waals surface area contributed by atoms with E-state index < -0.39 is 0 Å². The lowest BCUT2D eigenvalue weighted by atomic mass is 9.81. The van der Waals surface area contributed by atoms with Crippen LogP contribution in [-0.2, 0) is 9.47 Å². The van der Waals surface area contributed by atoms with Gasteiger partial charge >= 0.3 is 0 Å². The highest BCUT2D eigenvalue weighted by atomic mass is 16.5. The van der Waals surface area contributed by atoms with Gasteiger partial charge in [-0.05, 0) is 20.0 Å². The summed E-state index contributed by atoms with van der Waals surface area (Å²) < 4.78 is 17.0.